The zero-order valence-electron chi connectivity index (χ0n) is 13.2. The number of carbonyl (C=O) groups excluding carboxylic acids is 1. The van der Waals surface area contributed by atoms with Crippen LogP contribution in [0.4, 0.5) is 5.95 Å². The minimum absolute atomic E-state index is 0.0328. The largest absolute Gasteiger partial charge is 0.505 e. The maximum absolute atomic E-state index is 12.3. The average molecular weight is 313 g/mol. The number of aryl methyl sites for hydroxylation is 1. The van der Waals surface area contributed by atoms with Crippen molar-refractivity contribution in [2.45, 2.75) is 25.3 Å². The van der Waals surface area contributed by atoms with E-state index in [1.165, 1.54) is 12.3 Å². The van der Waals surface area contributed by atoms with Crippen LogP contribution < -0.4 is 10.2 Å². The number of nitrogens with one attached hydrogen (secondary N) is 1. The Hall–Kier alpha value is -2.70. The van der Waals surface area contributed by atoms with Crippen molar-refractivity contribution in [3.8, 4) is 5.75 Å². The number of hydrogen-bond donors (Lipinski definition) is 2. The van der Waals surface area contributed by atoms with E-state index >= 15 is 0 Å². The van der Waals surface area contributed by atoms with Gasteiger partial charge in [0, 0.05) is 32.1 Å². The molecule has 2 heterocycles. The van der Waals surface area contributed by atoms with Crippen LogP contribution in [0.25, 0.3) is 0 Å². The molecule has 1 aliphatic carbocycles. The van der Waals surface area contributed by atoms with Crippen molar-refractivity contribution in [2.75, 3.05) is 19.0 Å². The van der Waals surface area contributed by atoms with Gasteiger partial charge in [0.1, 0.15) is 5.75 Å². The summed E-state index contributed by atoms with van der Waals surface area (Å²) < 4.78 is 0. The molecule has 0 spiro atoms. The molecule has 120 valence electrons. The lowest BCUT2D eigenvalue weighted by molar-refractivity contribution is 0.0924. The predicted octanol–water partition coefficient (Wildman–Crippen LogP) is 1.45. The molecule has 1 atom stereocenters. The Morgan fingerprint density at radius 1 is 1.39 bits per heavy atom. The van der Waals surface area contributed by atoms with Gasteiger partial charge in [-0.1, -0.05) is 0 Å². The highest BCUT2D eigenvalue weighted by Gasteiger charge is 2.25. The molecule has 2 aromatic heterocycles. The molecule has 0 fully saturated rings. The van der Waals surface area contributed by atoms with Gasteiger partial charge in [0.25, 0.3) is 5.91 Å². The van der Waals surface area contributed by atoms with Gasteiger partial charge in [0.15, 0.2) is 5.69 Å². The first-order valence-corrected chi connectivity index (χ1v) is 7.54. The number of nitrogens with zero attached hydrogens (tertiary/aromatic N) is 4. The van der Waals surface area contributed by atoms with E-state index in [0.717, 1.165) is 30.5 Å². The molecule has 0 saturated carbocycles. The van der Waals surface area contributed by atoms with Crippen LogP contribution in [0.2, 0.25) is 0 Å². The highest BCUT2D eigenvalue weighted by molar-refractivity contribution is 5.95. The Balaban J connectivity index is 1.83. The third kappa shape index (κ3) is 3.08. The molecule has 7 nitrogen and oxygen atoms in total. The Labute approximate surface area is 134 Å². The topological polar surface area (TPSA) is 91.2 Å². The monoisotopic (exact) mass is 313 g/mol. The summed E-state index contributed by atoms with van der Waals surface area (Å²) in [6, 6.07) is 2.87. The van der Waals surface area contributed by atoms with Crippen LogP contribution in [0.5, 0.6) is 5.75 Å². The summed E-state index contributed by atoms with van der Waals surface area (Å²) >= 11 is 0. The molecule has 0 saturated heterocycles. The molecular weight excluding hydrogens is 294 g/mol. The Kier molecular flexibility index (Phi) is 4.10. The van der Waals surface area contributed by atoms with E-state index < -0.39 is 5.91 Å². The first-order valence-electron chi connectivity index (χ1n) is 7.54. The summed E-state index contributed by atoms with van der Waals surface area (Å²) in [6.45, 7) is 0. The second kappa shape index (κ2) is 6.20. The first kappa shape index (κ1) is 15.2. The highest BCUT2D eigenvalue weighted by atomic mass is 16.3. The Morgan fingerprint density at radius 2 is 2.22 bits per heavy atom. The number of carbonyl (C=O) groups is 1. The summed E-state index contributed by atoms with van der Waals surface area (Å²) in [4.78, 5) is 27.0. The van der Waals surface area contributed by atoms with E-state index in [1.807, 2.05) is 19.0 Å². The number of aromatic nitrogens is 3. The normalized spacial score (nSPS) is 16.5. The Bertz CT molecular complexity index is 732. The summed E-state index contributed by atoms with van der Waals surface area (Å²) in [5, 5.41) is 12.7. The zero-order chi connectivity index (χ0) is 16.4. The zero-order valence-corrected chi connectivity index (χ0v) is 13.2. The minimum Gasteiger partial charge on any atom is -0.505 e. The van der Waals surface area contributed by atoms with Crippen molar-refractivity contribution in [1.29, 1.82) is 0 Å². The molecule has 0 bridgehead atoms. The van der Waals surface area contributed by atoms with Crippen molar-refractivity contribution in [1.82, 2.24) is 20.3 Å². The van der Waals surface area contributed by atoms with Crippen LogP contribution in [0.15, 0.2) is 24.5 Å². The lowest BCUT2D eigenvalue weighted by atomic mass is 9.92. The summed E-state index contributed by atoms with van der Waals surface area (Å²) in [7, 11) is 3.79. The van der Waals surface area contributed by atoms with Crippen LogP contribution in [-0.2, 0) is 6.42 Å². The van der Waals surface area contributed by atoms with E-state index in [9.17, 15) is 9.90 Å². The molecule has 0 aromatic carbocycles. The fourth-order valence-corrected chi connectivity index (χ4v) is 2.70. The van der Waals surface area contributed by atoms with Crippen LogP contribution in [0, 0.1) is 0 Å². The second-order valence-corrected chi connectivity index (χ2v) is 5.76. The summed E-state index contributed by atoms with van der Waals surface area (Å²) in [5.41, 5.74) is 1.93. The van der Waals surface area contributed by atoms with Crippen LogP contribution in [0.3, 0.4) is 0 Å². The second-order valence-electron chi connectivity index (χ2n) is 5.76. The fraction of sp³-hybridized carbons (Fsp3) is 0.375. The van der Waals surface area contributed by atoms with E-state index in [0.29, 0.717) is 5.95 Å². The van der Waals surface area contributed by atoms with E-state index in [1.54, 1.807) is 12.3 Å². The van der Waals surface area contributed by atoms with Gasteiger partial charge in [-0.2, -0.15) is 0 Å². The van der Waals surface area contributed by atoms with Gasteiger partial charge in [-0.05, 0) is 31.4 Å². The van der Waals surface area contributed by atoms with Crippen molar-refractivity contribution in [3.05, 3.63) is 41.5 Å². The summed E-state index contributed by atoms with van der Waals surface area (Å²) in [6.07, 6.45) is 5.89. The first-order chi connectivity index (χ1) is 11.1. The molecule has 2 aromatic rings. The van der Waals surface area contributed by atoms with Crippen molar-refractivity contribution >= 4 is 11.9 Å². The molecule has 1 amide bonds. The van der Waals surface area contributed by atoms with Gasteiger partial charge < -0.3 is 15.3 Å². The van der Waals surface area contributed by atoms with Gasteiger partial charge in [-0.25, -0.2) is 15.0 Å². The van der Waals surface area contributed by atoms with E-state index in [2.05, 4.69) is 20.3 Å². The van der Waals surface area contributed by atoms with E-state index in [-0.39, 0.29) is 17.5 Å². The highest BCUT2D eigenvalue weighted by Crippen LogP contribution is 2.29. The van der Waals surface area contributed by atoms with Crippen LogP contribution in [-0.4, -0.2) is 40.1 Å². The molecule has 1 aliphatic rings. The lowest BCUT2D eigenvalue weighted by Crippen LogP contribution is -2.32. The number of rotatable bonds is 3. The number of hydrogen-bond acceptors (Lipinski definition) is 6. The van der Waals surface area contributed by atoms with Crippen LogP contribution >= 0.6 is 0 Å². The van der Waals surface area contributed by atoms with E-state index in [4.69, 9.17) is 0 Å². The average Bonchev–Trinajstić information content (AvgIpc) is 2.55. The van der Waals surface area contributed by atoms with Gasteiger partial charge in [-0.3, -0.25) is 4.79 Å². The third-order valence-corrected chi connectivity index (χ3v) is 3.88. The molecule has 7 heteroatoms. The van der Waals surface area contributed by atoms with Gasteiger partial charge in [-0.15, -0.1) is 0 Å². The van der Waals surface area contributed by atoms with Crippen LogP contribution in [0.1, 0.15) is 40.6 Å². The number of fused-ring (bicyclic) bond motifs is 1. The number of anilines is 1. The molecule has 0 radical (unpaired) electrons. The molecule has 3 rings (SSSR count). The predicted molar refractivity (Wildman–Crippen MR) is 85.4 cm³/mol. The minimum atomic E-state index is -0.391. The maximum atomic E-state index is 12.3. The quantitative estimate of drug-likeness (QED) is 0.891. The standard InChI is InChI=1S/C16H19N5O2/c1-21(2)16-18-9-10-11(5-3-6-12(10)20-16)19-15(23)14-13(22)7-4-8-17-14/h4,7-9,11,22H,3,5-6H2,1-2H3,(H,19,23)/t11-/m0/s1. The third-order valence-electron chi connectivity index (χ3n) is 3.88. The van der Waals surface area contributed by atoms with Crippen molar-refractivity contribution < 1.29 is 9.90 Å². The molecule has 0 unspecified atom stereocenters. The smallest absolute Gasteiger partial charge is 0.274 e. The van der Waals surface area contributed by atoms with Gasteiger partial charge >= 0.3 is 0 Å². The lowest BCUT2D eigenvalue weighted by Gasteiger charge is -2.26. The number of amides is 1. The molecular formula is C16H19N5O2. The maximum Gasteiger partial charge on any atom is 0.274 e. The van der Waals surface area contributed by atoms with Crippen molar-refractivity contribution in [3.63, 3.8) is 0 Å². The van der Waals surface area contributed by atoms with Crippen molar-refractivity contribution in [2.24, 2.45) is 0 Å². The number of pyridine rings is 1. The molecule has 23 heavy (non-hydrogen) atoms. The number of aromatic hydroxyl groups is 1. The summed E-state index contributed by atoms with van der Waals surface area (Å²) in [5.74, 6) is 0.149. The van der Waals surface area contributed by atoms with Gasteiger partial charge in [0.05, 0.1) is 11.7 Å². The molecule has 2 N–H and O–H groups in total. The SMILES string of the molecule is CN(C)c1ncc2c(n1)CCC[C@@H]2NC(=O)c1ncccc1O. The Morgan fingerprint density at radius 3 is 2.96 bits per heavy atom. The fourth-order valence-electron chi connectivity index (χ4n) is 2.70. The molecule has 0 aliphatic heterocycles. The van der Waals surface area contributed by atoms with Gasteiger partial charge in [0.2, 0.25) is 5.95 Å².